The van der Waals surface area contributed by atoms with Crippen LogP contribution in [0.2, 0.25) is 0 Å². The van der Waals surface area contributed by atoms with E-state index in [-0.39, 0.29) is 11.8 Å². The molecule has 5 heteroatoms. The second-order valence-corrected chi connectivity index (χ2v) is 6.02. The molecule has 116 valence electrons. The molecule has 0 saturated heterocycles. The van der Waals surface area contributed by atoms with Gasteiger partial charge in [0.05, 0.1) is 17.9 Å². The van der Waals surface area contributed by atoms with Crippen molar-refractivity contribution >= 4 is 11.9 Å². The van der Waals surface area contributed by atoms with Crippen molar-refractivity contribution in [3.8, 4) is 0 Å². The second kappa shape index (κ2) is 6.43. The van der Waals surface area contributed by atoms with Gasteiger partial charge >= 0.3 is 11.9 Å². The number of aliphatic carboxylic acids is 1. The third-order valence-electron chi connectivity index (χ3n) is 4.40. The fourth-order valence-electron chi connectivity index (χ4n) is 3.08. The number of allylic oxidation sites excluding steroid dienone is 2. The van der Waals surface area contributed by atoms with Crippen LogP contribution in [0.4, 0.5) is 0 Å². The largest absolute Gasteiger partial charge is 0.481 e. The van der Waals surface area contributed by atoms with Gasteiger partial charge in [-0.3, -0.25) is 9.59 Å². The van der Waals surface area contributed by atoms with E-state index in [0.29, 0.717) is 12.8 Å². The number of carbonyl (C=O) groups is 2. The summed E-state index contributed by atoms with van der Waals surface area (Å²) in [6.07, 6.45) is 6.67. The van der Waals surface area contributed by atoms with E-state index in [4.69, 9.17) is 4.74 Å². The van der Waals surface area contributed by atoms with Gasteiger partial charge in [0.2, 0.25) is 0 Å². The lowest BCUT2D eigenvalue weighted by Gasteiger charge is -2.32. The molecule has 0 fully saturated rings. The fourth-order valence-corrected chi connectivity index (χ4v) is 3.08. The van der Waals surface area contributed by atoms with Crippen molar-refractivity contribution < 1.29 is 24.5 Å². The predicted octanol–water partition coefficient (Wildman–Crippen LogP) is 1.77. The Morgan fingerprint density at radius 1 is 1.14 bits per heavy atom. The topological polar surface area (TPSA) is 83.8 Å². The normalized spacial score (nSPS) is 39.0. The van der Waals surface area contributed by atoms with Crippen molar-refractivity contribution in [2.45, 2.75) is 38.9 Å². The molecule has 21 heavy (non-hydrogen) atoms. The van der Waals surface area contributed by atoms with Crippen LogP contribution in [0.1, 0.15) is 26.7 Å². The SMILES string of the molecule is C[C@H]1C=CCC(OC(=O)[C@@H]2CC(O)C=C[C@@H]2C)[C@H]1C(=O)O. The van der Waals surface area contributed by atoms with Crippen LogP contribution in [-0.2, 0) is 14.3 Å². The van der Waals surface area contributed by atoms with Gasteiger partial charge in [0.25, 0.3) is 0 Å². The maximum atomic E-state index is 12.3. The number of aliphatic hydroxyl groups excluding tert-OH is 1. The minimum Gasteiger partial charge on any atom is -0.481 e. The maximum absolute atomic E-state index is 12.3. The number of carboxylic acid groups (broad SMARTS) is 1. The predicted molar refractivity (Wildman–Crippen MR) is 76.3 cm³/mol. The van der Waals surface area contributed by atoms with Gasteiger partial charge in [0, 0.05) is 6.42 Å². The summed E-state index contributed by atoms with van der Waals surface area (Å²) >= 11 is 0. The molecule has 5 nitrogen and oxygen atoms in total. The minimum absolute atomic E-state index is 0.0132. The Balaban J connectivity index is 2.06. The van der Waals surface area contributed by atoms with Crippen LogP contribution in [0.5, 0.6) is 0 Å². The molecule has 0 spiro atoms. The first-order chi connectivity index (χ1) is 9.90. The highest BCUT2D eigenvalue weighted by molar-refractivity contribution is 5.76. The first-order valence-corrected chi connectivity index (χ1v) is 7.36. The lowest BCUT2D eigenvalue weighted by molar-refractivity contribution is -0.166. The zero-order valence-corrected chi connectivity index (χ0v) is 12.3. The van der Waals surface area contributed by atoms with E-state index in [1.54, 1.807) is 12.2 Å². The summed E-state index contributed by atoms with van der Waals surface area (Å²) in [7, 11) is 0. The highest BCUT2D eigenvalue weighted by Gasteiger charge is 2.39. The average Bonchev–Trinajstić information content (AvgIpc) is 2.41. The van der Waals surface area contributed by atoms with Gasteiger partial charge < -0.3 is 14.9 Å². The number of hydrogen-bond donors (Lipinski definition) is 2. The Labute approximate surface area is 124 Å². The Morgan fingerprint density at radius 3 is 2.52 bits per heavy atom. The summed E-state index contributed by atoms with van der Waals surface area (Å²) < 4.78 is 5.48. The molecule has 2 aliphatic carbocycles. The fraction of sp³-hybridized carbons (Fsp3) is 0.625. The van der Waals surface area contributed by atoms with Crippen molar-refractivity contribution in [3.63, 3.8) is 0 Å². The zero-order chi connectivity index (χ0) is 15.6. The smallest absolute Gasteiger partial charge is 0.310 e. The van der Waals surface area contributed by atoms with E-state index in [0.717, 1.165) is 0 Å². The van der Waals surface area contributed by atoms with Gasteiger partial charge in [-0.25, -0.2) is 0 Å². The number of esters is 1. The Bertz CT molecular complexity index is 467. The molecule has 2 rings (SSSR count). The molecule has 6 atom stereocenters. The van der Waals surface area contributed by atoms with Crippen LogP contribution in [0.25, 0.3) is 0 Å². The Hall–Kier alpha value is -1.62. The monoisotopic (exact) mass is 294 g/mol. The quantitative estimate of drug-likeness (QED) is 0.612. The van der Waals surface area contributed by atoms with Crippen LogP contribution < -0.4 is 0 Å². The number of hydrogen-bond acceptors (Lipinski definition) is 4. The van der Waals surface area contributed by atoms with E-state index >= 15 is 0 Å². The molecular weight excluding hydrogens is 272 g/mol. The first-order valence-electron chi connectivity index (χ1n) is 7.36. The third kappa shape index (κ3) is 3.53. The molecule has 0 amide bonds. The van der Waals surface area contributed by atoms with Crippen molar-refractivity contribution in [1.82, 2.24) is 0 Å². The summed E-state index contributed by atoms with van der Waals surface area (Å²) in [6.45, 7) is 3.71. The molecule has 0 aromatic heterocycles. The number of carboxylic acids is 1. The maximum Gasteiger partial charge on any atom is 0.310 e. The number of carbonyl (C=O) groups excluding carboxylic acids is 1. The van der Waals surface area contributed by atoms with Gasteiger partial charge in [-0.15, -0.1) is 0 Å². The van der Waals surface area contributed by atoms with Gasteiger partial charge in [-0.2, -0.15) is 0 Å². The number of aliphatic hydroxyl groups is 1. The average molecular weight is 294 g/mol. The van der Waals surface area contributed by atoms with Crippen LogP contribution in [0.15, 0.2) is 24.3 Å². The van der Waals surface area contributed by atoms with E-state index < -0.39 is 36.0 Å². The molecule has 0 radical (unpaired) electrons. The molecule has 0 aliphatic heterocycles. The van der Waals surface area contributed by atoms with Crippen LogP contribution >= 0.6 is 0 Å². The highest BCUT2D eigenvalue weighted by Crippen LogP contribution is 2.31. The minimum atomic E-state index is -0.943. The first kappa shape index (κ1) is 15.8. The Kier molecular flexibility index (Phi) is 4.83. The summed E-state index contributed by atoms with van der Waals surface area (Å²) in [6, 6.07) is 0. The number of ether oxygens (including phenoxy) is 1. The molecule has 0 bridgehead atoms. The number of rotatable bonds is 3. The molecule has 0 heterocycles. The van der Waals surface area contributed by atoms with Crippen molar-refractivity contribution in [2.24, 2.45) is 23.7 Å². The van der Waals surface area contributed by atoms with Crippen molar-refractivity contribution in [3.05, 3.63) is 24.3 Å². The van der Waals surface area contributed by atoms with Crippen molar-refractivity contribution in [2.75, 3.05) is 0 Å². The summed E-state index contributed by atoms with van der Waals surface area (Å²) in [4.78, 5) is 23.7. The van der Waals surface area contributed by atoms with E-state index in [2.05, 4.69) is 0 Å². The molecule has 0 aromatic rings. The molecule has 2 N–H and O–H groups in total. The highest BCUT2D eigenvalue weighted by atomic mass is 16.5. The van der Waals surface area contributed by atoms with Crippen molar-refractivity contribution in [1.29, 1.82) is 0 Å². The van der Waals surface area contributed by atoms with Crippen LogP contribution in [0, 0.1) is 23.7 Å². The van der Waals surface area contributed by atoms with Crippen LogP contribution in [0.3, 0.4) is 0 Å². The standard InChI is InChI=1S/C16H22O5/c1-9-6-7-11(17)8-12(9)16(20)21-13-5-3-4-10(2)14(13)15(18)19/h3-4,6-7,9-14,17H,5,8H2,1-2H3,(H,18,19)/t9-,10-,11?,12+,13?,14-/m0/s1. The summed E-state index contributed by atoms with van der Waals surface area (Å²) in [5.41, 5.74) is 0. The Morgan fingerprint density at radius 2 is 1.86 bits per heavy atom. The van der Waals surface area contributed by atoms with Gasteiger partial charge in [-0.05, 0) is 18.3 Å². The molecule has 2 aliphatic rings. The zero-order valence-electron chi connectivity index (χ0n) is 12.3. The lowest BCUT2D eigenvalue weighted by atomic mass is 9.82. The van der Waals surface area contributed by atoms with Gasteiger partial charge in [0.15, 0.2) is 0 Å². The molecular formula is C16H22O5. The second-order valence-electron chi connectivity index (χ2n) is 6.02. The summed E-state index contributed by atoms with van der Waals surface area (Å²) in [5.74, 6) is -2.66. The van der Waals surface area contributed by atoms with E-state index in [9.17, 15) is 19.8 Å². The van der Waals surface area contributed by atoms with E-state index in [1.165, 1.54) is 0 Å². The molecule has 0 aromatic carbocycles. The summed E-state index contributed by atoms with van der Waals surface area (Å²) in [5, 5.41) is 19.0. The molecule has 2 unspecified atom stereocenters. The van der Waals surface area contributed by atoms with E-state index in [1.807, 2.05) is 26.0 Å². The third-order valence-corrected chi connectivity index (χ3v) is 4.40. The van der Waals surface area contributed by atoms with Gasteiger partial charge in [0.1, 0.15) is 6.10 Å². The molecule has 0 saturated carbocycles. The van der Waals surface area contributed by atoms with Crippen LogP contribution in [-0.4, -0.2) is 34.4 Å². The van der Waals surface area contributed by atoms with Gasteiger partial charge in [-0.1, -0.05) is 38.2 Å². The lowest BCUT2D eigenvalue weighted by Crippen LogP contribution is -2.40.